The molecule has 0 spiro atoms. The monoisotopic (exact) mass is 314 g/mol. The molecule has 2 heterocycles. The molecule has 3 rings (SSSR count). The van der Waals surface area contributed by atoms with Gasteiger partial charge in [0.15, 0.2) is 0 Å². The van der Waals surface area contributed by atoms with Gasteiger partial charge in [-0.1, -0.05) is 0 Å². The number of nitrogens with zero attached hydrogens (tertiary/aromatic N) is 2. The number of hydrogen-bond donors (Lipinski definition) is 2. The molecule has 0 saturated heterocycles. The van der Waals surface area contributed by atoms with E-state index in [1.54, 1.807) is 6.07 Å². The van der Waals surface area contributed by atoms with Crippen LogP contribution in [0.2, 0.25) is 0 Å². The van der Waals surface area contributed by atoms with Crippen LogP contribution in [-0.4, -0.2) is 27.2 Å². The molecule has 6 nitrogen and oxygen atoms in total. The summed E-state index contributed by atoms with van der Waals surface area (Å²) in [6.07, 6.45) is 3.57. The molecule has 23 heavy (non-hydrogen) atoms. The minimum atomic E-state index is -0.305. The smallest absolute Gasteiger partial charge is 0.261 e. The molecule has 0 atom stereocenters. The van der Waals surface area contributed by atoms with Crippen LogP contribution in [0.25, 0.3) is 0 Å². The molecule has 0 saturated carbocycles. The molecule has 1 aliphatic rings. The Morgan fingerprint density at radius 1 is 1.39 bits per heavy atom. The van der Waals surface area contributed by atoms with E-state index < -0.39 is 0 Å². The van der Waals surface area contributed by atoms with Gasteiger partial charge in [-0.2, -0.15) is 5.10 Å². The van der Waals surface area contributed by atoms with E-state index in [0.717, 1.165) is 47.5 Å². The van der Waals surface area contributed by atoms with Crippen LogP contribution >= 0.6 is 0 Å². The second kappa shape index (κ2) is 6.02. The Hall–Kier alpha value is -2.37. The number of aromatic nitrogens is 3. The second-order valence-electron chi connectivity index (χ2n) is 6.15. The van der Waals surface area contributed by atoms with Crippen molar-refractivity contribution in [2.45, 2.75) is 39.5 Å². The van der Waals surface area contributed by atoms with Gasteiger partial charge in [0.1, 0.15) is 5.56 Å². The number of aromatic amines is 1. The third-order valence-corrected chi connectivity index (χ3v) is 4.65. The maximum atomic E-state index is 12.3. The topological polar surface area (TPSA) is 79.8 Å². The zero-order valence-corrected chi connectivity index (χ0v) is 13.8. The van der Waals surface area contributed by atoms with Crippen molar-refractivity contribution in [3.63, 3.8) is 0 Å². The number of carbonyl (C=O) groups excluding carboxylic acids is 1. The molecule has 0 aliphatic heterocycles. The SMILES string of the molecule is Cc1nn(C)c(C)c1CCNC(=O)c1cc2c([nH]c1=O)CCC2. The van der Waals surface area contributed by atoms with Gasteiger partial charge < -0.3 is 10.3 Å². The summed E-state index contributed by atoms with van der Waals surface area (Å²) < 4.78 is 1.84. The fourth-order valence-corrected chi connectivity index (χ4v) is 3.26. The van der Waals surface area contributed by atoms with E-state index in [1.165, 1.54) is 0 Å². The number of rotatable bonds is 4. The summed E-state index contributed by atoms with van der Waals surface area (Å²) in [7, 11) is 1.91. The fraction of sp³-hybridized carbons (Fsp3) is 0.471. The lowest BCUT2D eigenvalue weighted by molar-refractivity contribution is 0.0952. The van der Waals surface area contributed by atoms with Crippen LogP contribution in [0.5, 0.6) is 0 Å². The Balaban J connectivity index is 1.67. The van der Waals surface area contributed by atoms with Crippen molar-refractivity contribution in [2.24, 2.45) is 7.05 Å². The Bertz CT molecular complexity index is 817. The minimum absolute atomic E-state index is 0.213. The molecular formula is C17H22N4O2. The van der Waals surface area contributed by atoms with Crippen LogP contribution in [0.4, 0.5) is 0 Å². The highest BCUT2D eigenvalue weighted by molar-refractivity contribution is 5.94. The first-order valence-electron chi connectivity index (χ1n) is 7.99. The number of amides is 1. The number of aryl methyl sites for hydroxylation is 4. The third-order valence-electron chi connectivity index (χ3n) is 4.65. The first kappa shape index (κ1) is 15.5. The molecule has 0 aromatic carbocycles. The molecule has 2 aromatic heterocycles. The highest BCUT2D eigenvalue weighted by atomic mass is 16.2. The van der Waals surface area contributed by atoms with Gasteiger partial charge in [0, 0.05) is 25.0 Å². The molecule has 1 aliphatic carbocycles. The van der Waals surface area contributed by atoms with Gasteiger partial charge in [0.2, 0.25) is 0 Å². The van der Waals surface area contributed by atoms with E-state index in [4.69, 9.17) is 0 Å². The lowest BCUT2D eigenvalue weighted by atomic mass is 10.1. The predicted octanol–water partition coefficient (Wildman–Crippen LogP) is 1.19. The second-order valence-corrected chi connectivity index (χ2v) is 6.15. The summed E-state index contributed by atoms with van der Waals surface area (Å²) in [5, 5.41) is 7.22. The maximum absolute atomic E-state index is 12.3. The molecule has 0 fully saturated rings. The lowest BCUT2D eigenvalue weighted by Crippen LogP contribution is -2.31. The summed E-state index contributed by atoms with van der Waals surface area (Å²) in [6, 6.07) is 1.75. The van der Waals surface area contributed by atoms with Crippen molar-refractivity contribution in [1.29, 1.82) is 0 Å². The number of hydrogen-bond acceptors (Lipinski definition) is 3. The van der Waals surface area contributed by atoms with Crippen LogP contribution in [0.15, 0.2) is 10.9 Å². The lowest BCUT2D eigenvalue weighted by Gasteiger charge is -2.07. The van der Waals surface area contributed by atoms with E-state index in [0.29, 0.717) is 13.0 Å². The molecule has 122 valence electrons. The van der Waals surface area contributed by atoms with Crippen LogP contribution in [-0.2, 0) is 26.3 Å². The van der Waals surface area contributed by atoms with Crippen LogP contribution in [0.1, 0.15) is 45.0 Å². The summed E-state index contributed by atoms with van der Waals surface area (Å²) in [5.74, 6) is -0.305. The summed E-state index contributed by atoms with van der Waals surface area (Å²) >= 11 is 0. The summed E-state index contributed by atoms with van der Waals surface area (Å²) in [6.45, 7) is 4.47. The number of pyridine rings is 1. The van der Waals surface area contributed by atoms with Crippen molar-refractivity contribution < 1.29 is 4.79 Å². The van der Waals surface area contributed by atoms with Gasteiger partial charge in [-0.3, -0.25) is 14.3 Å². The quantitative estimate of drug-likeness (QED) is 0.889. The Morgan fingerprint density at radius 3 is 2.87 bits per heavy atom. The molecule has 2 N–H and O–H groups in total. The van der Waals surface area contributed by atoms with Crippen LogP contribution < -0.4 is 10.9 Å². The highest BCUT2D eigenvalue weighted by Gasteiger charge is 2.18. The number of nitrogens with one attached hydrogen (secondary N) is 2. The third kappa shape index (κ3) is 2.93. The first-order chi connectivity index (χ1) is 11.0. The normalized spacial score (nSPS) is 13.2. The van der Waals surface area contributed by atoms with Gasteiger partial charge >= 0.3 is 0 Å². The van der Waals surface area contributed by atoms with Gasteiger partial charge in [-0.05, 0) is 56.7 Å². The van der Waals surface area contributed by atoms with E-state index in [-0.39, 0.29) is 17.0 Å². The van der Waals surface area contributed by atoms with Gasteiger partial charge in [0.05, 0.1) is 5.69 Å². The number of carbonyl (C=O) groups is 1. The summed E-state index contributed by atoms with van der Waals surface area (Å²) in [4.78, 5) is 27.2. The van der Waals surface area contributed by atoms with Gasteiger partial charge in [0.25, 0.3) is 11.5 Å². The summed E-state index contributed by atoms with van der Waals surface area (Å²) in [5.41, 5.74) is 5.22. The van der Waals surface area contributed by atoms with Crippen molar-refractivity contribution in [3.05, 3.63) is 50.2 Å². The van der Waals surface area contributed by atoms with E-state index in [2.05, 4.69) is 15.4 Å². The van der Waals surface area contributed by atoms with Crippen LogP contribution in [0, 0.1) is 13.8 Å². The molecule has 1 amide bonds. The zero-order valence-electron chi connectivity index (χ0n) is 13.8. The molecule has 0 radical (unpaired) electrons. The largest absolute Gasteiger partial charge is 0.352 e. The Kier molecular flexibility index (Phi) is 4.07. The van der Waals surface area contributed by atoms with Crippen molar-refractivity contribution >= 4 is 5.91 Å². The average Bonchev–Trinajstić information content (AvgIpc) is 3.05. The van der Waals surface area contributed by atoms with Gasteiger partial charge in [-0.25, -0.2) is 0 Å². The standard InChI is InChI=1S/C17H22N4O2/c1-10-13(11(2)21(3)20-10)7-8-18-16(22)14-9-12-5-4-6-15(12)19-17(14)23/h9H,4-8H2,1-3H3,(H,18,22)(H,19,23). The average molecular weight is 314 g/mol. The van der Waals surface area contributed by atoms with Crippen molar-refractivity contribution in [1.82, 2.24) is 20.1 Å². The number of fused-ring (bicyclic) bond motifs is 1. The Morgan fingerprint density at radius 2 is 2.17 bits per heavy atom. The van der Waals surface area contributed by atoms with Crippen molar-refractivity contribution in [2.75, 3.05) is 6.54 Å². The van der Waals surface area contributed by atoms with E-state index in [1.807, 2.05) is 25.6 Å². The molecule has 2 aromatic rings. The zero-order chi connectivity index (χ0) is 16.6. The fourth-order valence-electron chi connectivity index (χ4n) is 3.26. The van der Waals surface area contributed by atoms with Gasteiger partial charge in [-0.15, -0.1) is 0 Å². The first-order valence-corrected chi connectivity index (χ1v) is 7.99. The maximum Gasteiger partial charge on any atom is 0.261 e. The molecular weight excluding hydrogens is 292 g/mol. The molecule has 6 heteroatoms. The van der Waals surface area contributed by atoms with E-state index >= 15 is 0 Å². The predicted molar refractivity (Wildman–Crippen MR) is 87.8 cm³/mol. The molecule has 0 unspecified atom stereocenters. The number of H-pyrrole nitrogens is 1. The van der Waals surface area contributed by atoms with Crippen molar-refractivity contribution in [3.8, 4) is 0 Å². The highest BCUT2D eigenvalue weighted by Crippen LogP contribution is 2.18. The van der Waals surface area contributed by atoms with E-state index in [9.17, 15) is 9.59 Å². The Labute approximate surface area is 134 Å². The van der Waals surface area contributed by atoms with Crippen LogP contribution in [0.3, 0.4) is 0 Å². The minimum Gasteiger partial charge on any atom is -0.352 e. The molecule has 0 bridgehead atoms.